The second-order valence-electron chi connectivity index (χ2n) is 8.17. The highest BCUT2D eigenvalue weighted by molar-refractivity contribution is 6.04. The molecule has 2 aromatic rings. The number of hydrogen-bond donors (Lipinski definition) is 0. The normalized spacial score (nSPS) is 20.6. The summed E-state index contributed by atoms with van der Waals surface area (Å²) in [5.74, 6) is -1.71. The molecule has 5 heteroatoms. The van der Waals surface area contributed by atoms with Gasteiger partial charge in [0.05, 0.1) is 19.3 Å². The maximum atomic E-state index is 13.8. The fourth-order valence-electron chi connectivity index (χ4n) is 4.85. The van der Waals surface area contributed by atoms with Gasteiger partial charge in [-0.2, -0.15) is 0 Å². The molecular weight excluding hydrogens is 414 g/mol. The molecule has 170 valence electrons. The van der Waals surface area contributed by atoms with Crippen LogP contribution in [0.5, 0.6) is 0 Å². The first-order valence-corrected chi connectivity index (χ1v) is 11.4. The first kappa shape index (κ1) is 22.6. The average Bonchev–Trinajstić information content (AvgIpc) is 2.93. The molecule has 5 nitrogen and oxygen atoms in total. The van der Waals surface area contributed by atoms with Crippen LogP contribution in [0.25, 0.3) is 0 Å². The van der Waals surface area contributed by atoms with Crippen LogP contribution in [0, 0.1) is 18.3 Å². The summed E-state index contributed by atoms with van der Waals surface area (Å²) in [6.45, 7) is 5.87. The molecule has 4 rings (SSSR count). The summed E-state index contributed by atoms with van der Waals surface area (Å²) in [4.78, 5) is 29.8. The number of esters is 2. The van der Waals surface area contributed by atoms with E-state index < -0.39 is 29.3 Å². The Balaban J connectivity index is 2.06. The highest BCUT2D eigenvalue weighted by Gasteiger charge is 2.68. The van der Waals surface area contributed by atoms with Gasteiger partial charge in [-0.15, -0.1) is 0 Å². The maximum absolute atomic E-state index is 13.8. The van der Waals surface area contributed by atoms with Crippen LogP contribution in [-0.4, -0.2) is 25.2 Å². The Bertz CT molecular complexity index is 1080. The second-order valence-corrected chi connectivity index (χ2v) is 8.17. The molecule has 0 unspecified atom stereocenters. The number of fused-ring (bicyclic) bond motifs is 1. The SMILES string of the molecule is CCOC(=O)C1(C(=O)OCC)[C@@H]2C=CC=CC=C2N(c2ccc(C)cc2)[C@H]1c1ccccc1. The Kier molecular flexibility index (Phi) is 6.50. The van der Waals surface area contributed by atoms with Crippen LogP contribution >= 0.6 is 0 Å². The van der Waals surface area contributed by atoms with Crippen molar-refractivity contribution in [2.24, 2.45) is 11.3 Å². The number of nitrogens with zero attached hydrogens (tertiary/aromatic N) is 1. The van der Waals surface area contributed by atoms with Gasteiger partial charge >= 0.3 is 11.9 Å². The van der Waals surface area contributed by atoms with Crippen molar-refractivity contribution in [2.75, 3.05) is 18.1 Å². The molecule has 1 saturated heterocycles. The number of benzene rings is 2. The lowest BCUT2D eigenvalue weighted by Gasteiger charge is -2.36. The van der Waals surface area contributed by atoms with E-state index in [0.717, 1.165) is 22.5 Å². The number of carbonyl (C=O) groups is 2. The third-order valence-electron chi connectivity index (χ3n) is 6.22. The molecule has 1 heterocycles. The zero-order valence-electron chi connectivity index (χ0n) is 19.2. The van der Waals surface area contributed by atoms with E-state index in [1.807, 2.05) is 91.9 Å². The third-order valence-corrected chi connectivity index (χ3v) is 6.22. The molecule has 0 N–H and O–H groups in total. The van der Waals surface area contributed by atoms with Gasteiger partial charge < -0.3 is 14.4 Å². The molecule has 2 atom stereocenters. The van der Waals surface area contributed by atoms with Gasteiger partial charge in [-0.25, -0.2) is 0 Å². The van der Waals surface area contributed by atoms with Crippen molar-refractivity contribution in [3.8, 4) is 0 Å². The number of hydrogen-bond acceptors (Lipinski definition) is 5. The van der Waals surface area contributed by atoms with Crippen molar-refractivity contribution in [1.82, 2.24) is 0 Å². The number of rotatable bonds is 6. The van der Waals surface area contributed by atoms with Gasteiger partial charge in [0.25, 0.3) is 0 Å². The lowest BCUT2D eigenvalue weighted by atomic mass is 9.69. The van der Waals surface area contributed by atoms with Crippen LogP contribution in [0.3, 0.4) is 0 Å². The highest BCUT2D eigenvalue weighted by atomic mass is 16.6. The summed E-state index contributed by atoms with van der Waals surface area (Å²) in [6.07, 6.45) is 9.59. The smallest absolute Gasteiger partial charge is 0.327 e. The van der Waals surface area contributed by atoms with Crippen LogP contribution in [0.15, 0.2) is 90.7 Å². The molecule has 0 spiro atoms. The van der Waals surface area contributed by atoms with E-state index in [1.165, 1.54) is 0 Å². The summed E-state index contributed by atoms with van der Waals surface area (Å²) in [7, 11) is 0. The summed E-state index contributed by atoms with van der Waals surface area (Å²) >= 11 is 0. The molecule has 0 radical (unpaired) electrons. The minimum atomic E-state index is -1.60. The monoisotopic (exact) mass is 443 g/mol. The molecule has 0 aromatic heterocycles. The van der Waals surface area contributed by atoms with Gasteiger partial charge in [0.2, 0.25) is 5.41 Å². The number of allylic oxidation sites excluding steroid dienone is 5. The fourth-order valence-corrected chi connectivity index (χ4v) is 4.85. The lowest BCUT2D eigenvalue weighted by molar-refractivity contribution is -0.175. The molecule has 0 bridgehead atoms. The molecule has 2 aromatic carbocycles. The highest BCUT2D eigenvalue weighted by Crippen LogP contribution is 2.59. The minimum Gasteiger partial charge on any atom is -0.465 e. The number of ether oxygens (including phenoxy) is 2. The van der Waals surface area contributed by atoms with E-state index in [1.54, 1.807) is 13.8 Å². The van der Waals surface area contributed by atoms with Crippen molar-refractivity contribution in [3.63, 3.8) is 0 Å². The van der Waals surface area contributed by atoms with Crippen LogP contribution in [-0.2, 0) is 19.1 Å². The summed E-state index contributed by atoms with van der Waals surface area (Å²) in [6, 6.07) is 17.1. The Hall–Kier alpha value is -3.60. The quantitative estimate of drug-likeness (QED) is 0.448. The van der Waals surface area contributed by atoms with Crippen LogP contribution in [0.1, 0.15) is 31.0 Å². The second kappa shape index (κ2) is 9.49. The predicted molar refractivity (Wildman–Crippen MR) is 128 cm³/mol. The topological polar surface area (TPSA) is 55.8 Å². The molecule has 1 aliphatic heterocycles. The van der Waals surface area contributed by atoms with E-state index in [0.29, 0.717) is 0 Å². The molecule has 2 aliphatic rings. The molecule has 0 amide bonds. The fraction of sp³-hybridized carbons (Fsp3) is 0.286. The summed E-state index contributed by atoms with van der Waals surface area (Å²) in [5.41, 5.74) is 2.10. The van der Waals surface area contributed by atoms with Gasteiger partial charge in [-0.1, -0.05) is 72.3 Å². The van der Waals surface area contributed by atoms with Crippen molar-refractivity contribution < 1.29 is 19.1 Å². The number of carbonyl (C=O) groups excluding carboxylic acids is 2. The Morgan fingerprint density at radius 1 is 0.879 bits per heavy atom. The van der Waals surface area contributed by atoms with Crippen LogP contribution < -0.4 is 4.90 Å². The molecule has 1 aliphatic carbocycles. The number of aryl methyl sites for hydroxylation is 1. The average molecular weight is 444 g/mol. The van der Waals surface area contributed by atoms with E-state index in [-0.39, 0.29) is 13.2 Å². The zero-order chi connectivity index (χ0) is 23.4. The van der Waals surface area contributed by atoms with Crippen molar-refractivity contribution in [1.29, 1.82) is 0 Å². The predicted octanol–water partition coefficient (Wildman–Crippen LogP) is 5.30. The van der Waals surface area contributed by atoms with E-state index in [9.17, 15) is 9.59 Å². The summed E-state index contributed by atoms with van der Waals surface area (Å²) in [5, 5.41) is 0. The van der Waals surface area contributed by atoms with Gasteiger partial charge in [-0.05, 0) is 44.5 Å². The Morgan fingerprint density at radius 2 is 1.52 bits per heavy atom. The zero-order valence-corrected chi connectivity index (χ0v) is 19.2. The standard InChI is InChI=1S/C28H29NO4/c1-4-32-26(30)28(27(31)33-5-2)23-14-10-7-11-15-24(23)29(22-18-16-20(3)17-19-22)25(28)21-12-8-6-9-13-21/h6-19,23,25H,4-5H2,1-3H3/t23-,25+/m1/s1. The maximum Gasteiger partial charge on any atom is 0.327 e. The molecular formula is C28H29NO4. The van der Waals surface area contributed by atoms with E-state index in [4.69, 9.17) is 9.47 Å². The first-order chi connectivity index (χ1) is 16.1. The largest absolute Gasteiger partial charge is 0.465 e. The van der Waals surface area contributed by atoms with Gasteiger partial charge in [0, 0.05) is 17.3 Å². The van der Waals surface area contributed by atoms with Crippen molar-refractivity contribution >= 4 is 17.6 Å². The third kappa shape index (κ3) is 3.78. The molecule has 1 fully saturated rings. The van der Waals surface area contributed by atoms with E-state index in [2.05, 4.69) is 4.90 Å². The van der Waals surface area contributed by atoms with Gasteiger partial charge in [-0.3, -0.25) is 9.59 Å². The van der Waals surface area contributed by atoms with Gasteiger partial charge in [0.15, 0.2) is 0 Å². The summed E-state index contributed by atoms with van der Waals surface area (Å²) < 4.78 is 11.2. The lowest BCUT2D eigenvalue weighted by Crippen LogP contribution is -2.49. The minimum absolute atomic E-state index is 0.166. The first-order valence-electron chi connectivity index (χ1n) is 11.4. The van der Waals surface area contributed by atoms with E-state index >= 15 is 0 Å². The van der Waals surface area contributed by atoms with Gasteiger partial charge in [0.1, 0.15) is 0 Å². The Labute approximate surface area is 195 Å². The Morgan fingerprint density at radius 3 is 2.12 bits per heavy atom. The van der Waals surface area contributed by atoms with Crippen molar-refractivity contribution in [2.45, 2.75) is 26.8 Å². The molecule has 0 saturated carbocycles. The van der Waals surface area contributed by atoms with Crippen LogP contribution in [0.4, 0.5) is 5.69 Å². The number of anilines is 1. The van der Waals surface area contributed by atoms with Crippen LogP contribution in [0.2, 0.25) is 0 Å². The molecule has 33 heavy (non-hydrogen) atoms. The van der Waals surface area contributed by atoms with Crippen molar-refractivity contribution in [3.05, 3.63) is 102 Å².